The SMILES string of the molecule is CCc1cc(Nc2ncc(Cl)c(Nc3ccc4nc(C)c(F)cc4c3P(C)(C)=O)n2)c(OC)cc1N1CC2(CN(C[C@H]3CCN(c4cc(F)c([C@H]5CCC(=O)NC5=O)c(F)c4)C3)C2)C1. The van der Waals surface area contributed by atoms with Crippen molar-refractivity contribution in [3.63, 3.8) is 0 Å². The van der Waals surface area contributed by atoms with Crippen LogP contribution < -0.4 is 35.8 Å². The van der Waals surface area contributed by atoms with Crippen molar-refractivity contribution in [2.75, 3.05) is 86.7 Å². The largest absolute Gasteiger partial charge is 0.494 e. The van der Waals surface area contributed by atoms with Crippen LogP contribution in [0.1, 0.15) is 48.9 Å². The number of carbonyl (C=O) groups is 2. The number of hydrogen-bond donors (Lipinski definition) is 3. The summed E-state index contributed by atoms with van der Waals surface area (Å²) in [6.45, 7) is 13.0. The van der Waals surface area contributed by atoms with Crippen molar-refractivity contribution in [1.29, 1.82) is 0 Å². The van der Waals surface area contributed by atoms with Gasteiger partial charge in [-0.05, 0) is 87.4 Å². The minimum absolute atomic E-state index is 0.0515. The van der Waals surface area contributed by atoms with Crippen LogP contribution in [-0.2, 0) is 20.6 Å². The van der Waals surface area contributed by atoms with Crippen molar-refractivity contribution in [3.05, 3.63) is 88.0 Å². The maximum Gasteiger partial charge on any atom is 0.234 e. The number of piperidine rings is 1. The van der Waals surface area contributed by atoms with Gasteiger partial charge in [0.25, 0.3) is 0 Å². The molecule has 0 aliphatic carbocycles. The van der Waals surface area contributed by atoms with Crippen LogP contribution in [0.25, 0.3) is 10.9 Å². The van der Waals surface area contributed by atoms with Crippen molar-refractivity contribution in [3.8, 4) is 5.75 Å². The summed E-state index contributed by atoms with van der Waals surface area (Å²) in [7, 11) is -1.33. The molecule has 0 radical (unpaired) electrons. The Morgan fingerprint density at radius 3 is 2.39 bits per heavy atom. The minimum atomic E-state index is -2.95. The van der Waals surface area contributed by atoms with Crippen LogP contribution >= 0.6 is 18.7 Å². The van der Waals surface area contributed by atoms with Gasteiger partial charge < -0.3 is 34.6 Å². The van der Waals surface area contributed by atoms with Crippen molar-refractivity contribution < 1.29 is 32.1 Å². The van der Waals surface area contributed by atoms with Gasteiger partial charge in [0.2, 0.25) is 17.8 Å². The van der Waals surface area contributed by atoms with Crippen LogP contribution in [0.2, 0.25) is 5.02 Å². The molecule has 3 aromatic carbocycles. The highest BCUT2D eigenvalue weighted by Gasteiger charge is 2.52. The number of fused-ring (bicyclic) bond motifs is 1. The Balaban J connectivity index is 0.826. The third-order valence-electron chi connectivity index (χ3n) is 13.0. The topological polar surface area (TPSA) is 145 Å². The molecular formula is C46H50ClF3N9O4P. The molecule has 0 unspecified atom stereocenters. The van der Waals surface area contributed by atoms with Gasteiger partial charge >= 0.3 is 0 Å². The highest BCUT2D eigenvalue weighted by Crippen LogP contribution is 2.46. The molecule has 0 saturated carbocycles. The number of benzene rings is 3. The van der Waals surface area contributed by atoms with E-state index in [0.717, 1.165) is 56.8 Å². The highest BCUT2D eigenvalue weighted by atomic mass is 35.5. The number of pyridine rings is 1. The Morgan fingerprint density at radius 2 is 1.70 bits per heavy atom. The summed E-state index contributed by atoms with van der Waals surface area (Å²) in [5, 5.41) is 9.86. The van der Waals surface area contributed by atoms with Crippen LogP contribution in [0, 0.1) is 35.7 Å². The number of rotatable bonds is 12. The second-order valence-electron chi connectivity index (χ2n) is 18.1. The summed E-state index contributed by atoms with van der Waals surface area (Å²) < 4.78 is 64.7. The molecule has 2 aromatic heterocycles. The van der Waals surface area contributed by atoms with E-state index < -0.39 is 42.3 Å². The predicted octanol–water partition coefficient (Wildman–Crippen LogP) is 7.88. The molecule has 9 rings (SSSR count). The number of aryl methyl sites for hydroxylation is 2. The third-order valence-corrected chi connectivity index (χ3v) is 14.8. The highest BCUT2D eigenvalue weighted by molar-refractivity contribution is 7.71. The number of anilines is 6. The van der Waals surface area contributed by atoms with Crippen LogP contribution in [0.5, 0.6) is 5.75 Å². The molecule has 4 saturated heterocycles. The number of likely N-dealkylation sites (tertiary alicyclic amines) is 1. The van der Waals surface area contributed by atoms with Crippen molar-refractivity contribution >= 4 is 81.3 Å². The second-order valence-corrected chi connectivity index (χ2v) is 21.6. The van der Waals surface area contributed by atoms with E-state index in [4.69, 9.17) is 16.3 Å². The van der Waals surface area contributed by atoms with E-state index in [9.17, 15) is 18.5 Å². The predicted molar refractivity (Wildman–Crippen MR) is 244 cm³/mol. The molecule has 18 heteroatoms. The van der Waals surface area contributed by atoms with Gasteiger partial charge in [-0.1, -0.05) is 18.5 Å². The fraction of sp³-hybridized carbons (Fsp3) is 0.413. The number of hydrogen-bond acceptors (Lipinski definition) is 12. The quantitative estimate of drug-likeness (QED) is 0.0828. The Bertz CT molecular complexity index is 2740. The molecule has 5 aromatic rings. The molecule has 4 aliphatic rings. The number of nitrogens with one attached hydrogen (secondary N) is 3. The molecule has 64 heavy (non-hydrogen) atoms. The standard InChI is InChI=1S/C46H50ClF3N9O4P/c1-6-27-13-37(54-45-51-18-31(47)43(56-45)53-36-9-8-35-30(42(36)64(4,5)62)16-32(48)25(2)52-35)39(63-3)17-38(27)59-23-46(24-59)21-57(22-46)19-26-11-12-58(20-26)28-14-33(49)41(34(50)15-28)29-7-10-40(60)55-44(29)61/h8-9,13-18,26,29H,6-7,10-12,19-24H2,1-5H3,(H,55,60,61)(H2,51,53,54,56)/t26-,29-/m1/s1. The number of amides is 2. The zero-order chi connectivity index (χ0) is 45.2. The number of ether oxygens (including phenoxy) is 1. The first-order chi connectivity index (χ1) is 30.5. The Hall–Kier alpha value is -5.44. The Kier molecular flexibility index (Phi) is 11.5. The fourth-order valence-electron chi connectivity index (χ4n) is 10.0. The molecule has 2 amide bonds. The van der Waals surface area contributed by atoms with Gasteiger partial charge in [0.05, 0.1) is 41.8 Å². The van der Waals surface area contributed by atoms with Gasteiger partial charge in [-0.25, -0.2) is 18.2 Å². The van der Waals surface area contributed by atoms with Crippen LogP contribution in [-0.4, -0.2) is 97.9 Å². The number of halogens is 4. The maximum absolute atomic E-state index is 15.3. The van der Waals surface area contributed by atoms with E-state index in [1.54, 1.807) is 39.5 Å². The van der Waals surface area contributed by atoms with E-state index >= 15 is 8.78 Å². The summed E-state index contributed by atoms with van der Waals surface area (Å²) in [6.07, 6.45) is 3.30. The van der Waals surface area contributed by atoms with Crippen molar-refractivity contribution in [1.82, 2.24) is 25.2 Å². The van der Waals surface area contributed by atoms with Crippen LogP contribution in [0.15, 0.2) is 48.7 Å². The van der Waals surface area contributed by atoms with Gasteiger partial charge in [0.15, 0.2) is 5.82 Å². The monoisotopic (exact) mass is 915 g/mol. The third kappa shape index (κ3) is 8.35. The smallest absolute Gasteiger partial charge is 0.234 e. The molecule has 4 aliphatic heterocycles. The van der Waals surface area contributed by atoms with Gasteiger partial charge in [0, 0.05) is 91.3 Å². The van der Waals surface area contributed by atoms with E-state index in [2.05, 4.69) is 53.7 Å². The lowest BCUT2D eigenvalue weighted by Gasteiger charge is -2.61. The number of methoxy groups -OCH3 is 1. The first-order valence-electron chi connectivity index (χ1n) is 21.5. The molecular weight excluding hydrogens is 866 g/mol. The van der Waals surface area contributed by atoms with E-state index in [0.29, 0.717) is 58.0 Å². The van der Waals surface area contributed by atoms with Crippen LogP contribution in [0.4, 0.5) is 47.7 Å². The van der Waals surface area contributed by atoms with E-state index in [-0.39, 0.29) is 46.3 Å². The molecule has 1 spiro atoms. The summed E-state index contributed by atoms with van der Waals surface area (Å²) in [5.74, 6) is -2.59. The summed E-state index contributed by atoms with van der Waals surface area (Å²) >= 11 is 6.59. The Morgan fingerprint density at radius 1 is 0.953 bits per heavy atom. The zero-order valence-electron chi connectivity index (χ0n) is 36.3. The van der Waals surface area contributed by atoms with Crippen molar-refractivity contribution in [2.45, 2.75) is 45.4 Å². The molecule has 2 atom stereocenters. The van der Waals surface area contributed by atoms with Gasteiger partial charge in [-0.3, -0.25) is 19.9 Å². The van der Waals surface area contributed by atoms with Crippen molar-refractivity contribution in [2.24, 2.45) is 11.3 Å². The lowest BCUT2D eigenvalue weighted by molar-refractivity contribution is -0.134. The lowest BCUT2D eigenvalue weighted by Crippen LogP contribution is -2.72. The molecule has 336 valence electrons. The van der Waals surface area contributed by atoms with E-state index in [1.807, 2.05) is 11.0 Å². The normalized spacial score (nSPS) is 19.8. The summed E-state index contributed by atoms with van der Waals surface area (Å²) in [5.41, 5.74) is 4.58. The maximum atomic E-state index is 15.3. The summed E-state index contributed by atoms with van der Waals surface area (Å²) in [4.78, 5) is 44.2. The molecule has 13 nitrogen and oxygen atoms in total. The number of nitrogens with zero attached hydrogens (tertiary/aromatic N) is 6. The average molecular weight is 916 g/mol. The van der Waals surface area contributed by atoms with Gasteiger partial charge in [0.1, 0.15) is 35.4 Å². The van der Waals surface area contributed by atoms with Crippen LogP contribution in [0.3, 0.4) is 0 Å². The Labute approximate surface area is 374 Å². The average Bonchev–Trinajstić information content (AvgIpc) is 3.68. The fourth-order valence-corrected chi connectivity index (χ4v) is 11.6. The first kappa shape index (κ1) is 43.8. The van der Waals surface area contributed by atoms with E-state index in [1.165, 1.54) is 24.4 Å². The first-order valence-corrected chi connectivity index (χ1v) is 24.5. The zero-order valence-corrected chi connectivity index (χ0v) is 38.0. The molecule has 0 bridgehead atoms. The summed E-state index contributed by atoms with van der Waals surface area (Å²) in [6, 6.07) is 11.6. The second kappa shape index (κ2) is 16.8. The molecule has 6 heterocycles. The molecule has 4 fully saturated rings. The lowest BCUT2D eigenvalue weighted by atomic mass is 9.72. The van der Waals surface area contributed by atoms with Gasteiger partial charge in [-0.15, -0.1) is 0 Å². The minimum Gasteiger partial charge on any atom is -0.494 e. The number of aromatic nitrogens is 3. The number of carbonyl (C=O) groups excluding carboxylic acids is 2. The number of imide groups is 1. The van der Waals surface area contributed by atoms with Gasteiger partial charge in [-0.2, -0.15) is 4.98 Å². The molecule has 3 N–H and O–H groups in total.